The molecule has 0 unspecified atom stereocenters. The number of halogens is 3. The average molecular weight is 363 g/mol. The van der Waals surface area contributed by atoms with E-state index in [1.165, 1.54) is 0 Å². The van der Waals surface area contributed by atoms with Crippen LogP contribution in [0.2, 0.25) is 0 Å². The third-order valence-electron chi connectivity index (χ3n) is 2.77. The van der Waals surface area contributed by atoms with E-state index in [2.05, 4.69) is 25.6 Å². The van der Waals surface area contributed by atoms with Crippen LogP contribution in [0.15, 0.2) is 16.6 Å². The monoisotopic (exact) mass is 363 g/mol. The van der Waals surface area contributed by atoms with E-state index in [1.54, 1.807) is 24.6 Å². The predicted molar refractivity (Wildman–Crippen MR) is 85.9 cm³/mol. The number of aliphatic imine (C=N–C) groups is 1. The second-order valence-electron chi connectivity index (χ2n) is 4.59. The van der Waals surface area contributed by atoms with E-state index in [4.69, 9.17) is 0 Å². The Hall–Kier alpha value is -1.68. The maximum Gasteiger partial charge on any atom is 0.434 e. The lowest BCUT2D eigenvalue weighted by Crippen LogP contribution is -2.37. The number of aryl methyl sites for hydroxylation is 1. The molecule has 0 bridgehead atoms. The molecule has 0 saturated carbocycles. The third kappa shape index (κ3) is 5.47. The quantitative estimate of drug-likeness (QED) is 0.633. The van der Waals surface area contributed by atoms with Crippen LogP contribution < -0.4 is 10.6 Å². The van der Waals surface area contributed by atoms with Gasteiger partial charge in [-0.1, -0.05) is 0 Å². The van der Waals surface area contributed by atoms with Gasteiger partial charge in [-0.25, -0.2) is 9.97 Å². The molecular formula is C13H16F3N5S2. The van der Waals surface area contributed by atoms with Crippen LogP contribution in [-0.2, 0) is 19.1 Å². The van der Waals surface area contributed by atoms with Gasteiger partial charge in [0.25, 0.3) is 0 Å². The Bertz CT molecular complexity index is 663. The molecule has 0 aliphatic rings. The maximum atomic E-state index is 12.5. The standard InChI is InChI=1S/C13H16F3N5S2/c1-8-5-19-11(23-8)6-20-12(17-2)18-4-3-10-21-9(7-22-10)13(14,15)16/h5,7H,3-4,6H2,1-2H3,(H2,17,18,20). The summed E-state index contributed by atoms with van der Waals surface area (Å²) < 4.78 is 37.4. The molecule has 0 amide bonds. The zero-order valence-electron chi connectivity index (χ0n) is 12.6. The first-order chi connectivity index (χ1) is 10.9. The van der Waals surface area contributed by atoms with Crippen molar-refractivity contribution in [3.63, 3.8) is 0 Å². The van der Waals surface area contributed by atoms with Crippen molar-refractivity contribution in [1.29, 1.82) is 0 Å². The normalized spacial score (nSPS) is 12.5. The van der Waals surface area contributed by atoms with Gasteiger partial charge in [-0.05, 0) is 6.92 Å². The van der Waals surface area contributed by atoms with Crippen LogP contribution >= 0.6 is 22.7 Å². The summed E-state index contributed by atoms with van der Waals surface area (Å²) in [6.45, 7) is 2.98. The Morgan fingerprint density at radius 2 is 2.09 bits per heavy atom. The number of nitrogens with one attached hydrogen (secondary N) is 2. The number of nitrogens with zero attached hydrogens (tertiary/aromatic N) is 3. The Labute approximate surface area is 139 Å². The van der Waals surface area contributed by atoms with E-state index in [9.17, 15) is 13.2 Å². The van der Waals surface area contributed by atoms with Crippen molar-refractivity contribution in [3.8, 4) is 0 Å². The molecule has 2 aromatic heterocycles. The minimum Gasteiger partial charge on any atom is -0.356 e. The highest BCUT2D eigenvalue weighted by molar-refractivity contribution is 7.11. The molecule has 0 saturated heterocycles. The highest BCUT2D eigenvalue weighted by Gasteiger charge is 2.33. The highest BCUT2D eigenvalue weighted by Crippen LogP contribution is 2.29. The number of rotatable bonds is 5. The zero-order valence-corrected chi connectivity index (χ0v) is 14.2. The molecule has 126 valence electrons. The van der Waals surface area contributed by atoms with E-state index >= 15 is 0 Å². The molecule has 0 atom stereocenters. The first-order valence-electron chi connectivity index (χ1n) is 6.76. The number of alkyl halides is 3. The van der Waals surface area contributed by atoms with Gasteiger partial charge in [-0.15, -0.1) is 22.7 Å². The second kappa shape index (κ2) is 7.73. The molecule has 0 radical (unpaired) electrons. The lowest BCUT2D eigenvalue weighted by molar-refractivity contribution is -0.140. The number of guanidine groups is 1. The van der Waals surface area contributed by atoms with Gasteiger partial charge in [-0.3, -0.25) is 4.99 Å². The van der Waals surface area contributed by atoms with E-state index in [0.717, 1.165) is 26.6 Å². The van der Waals surface area contributed by atoms with Crippen LogP contribution in [0.3, 0.4) is 0 Å². The summed E-state index contributed by atoms with van der Waals surface area (Å²) in [5.74, 6) is 0.574. The van der Waals surface area contributed by atoms with Crippen molar-refractivity contribution in [2.75, 3.05) is 13.6 Å². The molecule has 0 fully saturated rings. The summed E-state index contributed by atoms with van der Waals surface area (Å²) in [5.41, 5.74) is -0.834. The van der Waals surface area contributed by atoms with E-state index < -0.39 is 11.9 Å². The van der Waals surface area contributed by atoms with Crippen LogP contribution in [0.25, 0.3) is 0 Å². The number of thiazole rings is 2. The summed E-state index contributed by atoms with van der Waals surface area (Å²) >= 11 is 2.60. The van der Waals surface area contributed by atoms with Crippen LogP contribution in [0, 0.1) is 6.92 Å². The molecule has 0 spiro atoms. The van der Waals surface area contributed by atoms with Crippen molar-refractivity contribution < 1.29 is 13.2 Å². The molecule has 23 heavy (non-hydrogen) atoms. The molecule has 0 aromatic carbocycles. The number of hydrogen-bond acceptors (Lipinski definition) is 5. The van der Waals surface area contributed by atoms with Crippen molar-refractivity contribution in [1.82, 2.24) is 20.6 Å². The molecule has 2 rings (SSSR count). The minimum absolute atomic E-state index is 0.401. The van der Waals surface area contributed by atoms with Crippen molar-refractivity contribution >= 4 is 28.6 Å². The van der Waals surface area contributed by atoms with E-state index in [1.807, 2.05) is 6.92 Å². The first-order valence-corrected chi connectivity index (χ1v) is 8.45. The predicted octanol–water partition coefficient (Wildman–Crippen LogP) is 2.83. The summed E-state index contributed by atoms with van der Waals surface area (Å²) in [6, 6.07) is 0. The number of aromatic nitrogens is 2. The van der Waals surface area contributed by atoms with Crippen molar-refractivity contribution in [2.24, 2.45) is 4.99 Å². The molecule has 2 N–H and O–H groups in total. The third-order valence-corrected chi connectivity index (χ3v) is 4.59. The Kier molecular flexibility index (Phi) is 5.94. The van der Waals surface area contributed by atoms with Gasteiger partial charge < -0.3 is 10.6 Å². The zero-order chi connectivity index (χ0) is 16.9. The highest BCUT2D eigenvalue weighted by atomic mass is 32.1. The number of hydrogen-bond donors (Lipinski definition) is 2. The molecule has 5 nitrogen and oxygen atoms in total. The molecular weight excluding hydrogens is 347 g/mol. The van der Waals surface area contributed by atoms with Gasteiger partial charge >= 0.3 is 6.18 Å². The fraction of sp³-hybridized carbons (Fsp3) is 0.462. The first kappa shape index (κ1) is 17.7. The van der Waals surface area contributed by atoms with Gasteiger partial charge in [0.05, 0.1) is 11.6 Å². The smallest absolute Gasteiger partial charge is 0.356 e. The van der Waals surface area contributed by atoms with Gasteiger partial charge in [0.2, 0.25) is 0 Å². The van der Waals surface area contributed by atoms with Gasteiger partial charge in [0, 0.05) is 36.5 Å². The minimum atomic E-state index is -4.38. The van der Waals surface area contributed by atoms with Crippen LogP contribution in [0.5, 0.6) is 0 Å². The van der Waals surface area contributed by atoms with Gasteiger partial charge in [-0.2, -0.15) is 13.2 Å². The summed E-state index contributed by atoms with van der Waals surface area (Å²) in [4.78, 5) is 13.0. The van der Waals surface area contributed by atoms with Gasteiger partial charge in [0.1, 0.15) is 5.01 Å². The summed E-state index contributed by atoms with van der Waals surface area (Å²) in [5, 5.41) is 8.57. The SMILES string of the molecule is CN=C(NCCc1nc(C(F)(F)F)cs1)NCc1ncc(C)s1. The summed E-state index contributed by atoms with van der Waals surface area (Å²) in [7, 11) is 1.63. The second-order valence-corrected chi connectivity index (χ2v) is 6.85. The molecule has 2 heterocycles. The molecule has 0 aliphatic carbocycles. The molecule has 0 aliphatic heterocycles. The fourth-order valence-electron chi connectivity index (χ4n) is 1.71. The fourth-order valence-corrected chi connectivity index (χ4v) is 3.24. The van der Waals surface area contributed by atoms with Crippen molar-refractivity contribution in [3.05, 3.63) is 32.2 Å². The topological polar surface area (TPSA) is 62.2 Å². The average Bonchev–Trinajstić information content (AvgIpc) is 3.11. The largest absolute Gasteiger partial charge is 0.434 e. The Balaban J connectivity index is 1.76. The molecule has 10 heteroatoms. The maximum absolute atomic E-state index is 12.5. The lowest BCUT2D eigenvalue weighted by atomic mass is 10.4. The van der Waals surface area contributed by atoms with Gasteiger partial charge in [0.15, 0.2) is 11.7 Å². The van der Waals surface area contributed by atoms with Crippen LogP contribution in [-0.4, -0.2) is 29.5 Å². The molecule has 2 aromatic rings. The van der Waals surface area contributed by atoms with E-state index in [0.29, 0.717) is 30.5 Å². The van der Waals surface area contributed by atoms with E-state index in [-0.39, 0.29) is 0 Å². The summed E-state index contributed by atoms with van der Waals surface area (Å²) in [6.07, 6.45) is -2.18. The lowest BCUT2D eigenvalue weighted by Gasteiger charge is -2.10. The van der Waals surface area contributed by atoms with Crippen LogP contribution in [0.1, 0.15) is 20.6 Å². The Morgan fingerprint density at radius 3 is 2.65 bits per heavy atom. The Morgan fingerprint density at radius 1 is 1.30 bits per heavy atom. The van der Waals surface area contributed by atoms with Crippen molar-refractivity contribution in [2.45, 2.75) is 26.1 Å². The van der Waals surface area contributed by atoms with Crippen LogP contribution in [0.4, 0.5) is 13.2 Å².